The Morgan fingerprint density at radius 2 is 1.90 bits per heavy atom. The number of hydrogen-bond acceptors (Lipinski definition) is 4. The lowest BCUT2D eigenvalue weighted by molar-refractivity contribution is 0.334. The average molecular weight is 272 g/mol. The van der Waals surface area contributed by atoms with Gasteiger partial charge in [-0.25, -0.2) is 0 Å². The molecule has 0 aliphatic carbocycles. The summed E-state index contributed by atoms with van der Waals surface area (Å²) in [4.78, 5) is 9.26. The first-order valence-electron chi connectivity index (χ1n) is 7.46. The number of anilines is 1. The van der Waals surface area contributed by atoms with Crippen LogP contribution in [0, 0.1) is 6.92 Å². The number of likely N-dealkylation sites (tertiary alicyclic amines) is 1. The molecule has 4 heteroatoms. The molecule has 1 aromatic rings. The second kappa shape index (κ2) is 5.09. The number of aryl methyl sites for hydroxylation is 1. The van der Waals surface area contributed by atoms with E-state index in [4.69, 9.17) is 5.73 Å². The van der Waals surface area contributed by atoms with Gasteiger partial charge >= 0.3 is 0 Å². The van der Waals surface area contributed by atoms with E-state index in [1.54, 1.807) is 0 Å². The number of aliphatic imine (C=N–C) groups is 1. The largest absolute Gasteiger partial charge is 0.369 e. The van der Waals surface area contributed by atoms with Crippen molar-refractivity contribution in [1.29, 1.82) is 0 Å². The summed E-state index contributed by atoms with van der Waals surface area (Å²) in [6.45, 7) is 5.23. The van der Waals surface area contributed by atoms with Crippen molar-refractivity contribution < 1.29 is 0 Å². The van der Waals surface area contributed by atoms with E-state index in [0.29, 0.717) is 5.96 Å². The second-order valence-electron chi connectivity index (χ2n) is 6.23. The zero-order valence-electron chi connectivity index (χ0n) is 12.5. The van der Waals surface area contributed by atoms with Gasteiger partial charge in [0, 0.05) is 12.2 Å². The molecular formula is C16H24N4. The minimum atomic E-state index is 0.0874. The summed E-state index contributed by atoms with van der Waals surface area (Å²) in [6.07, 6.45) is 3.50. The summed E-state index contributed by atoms with van der Waals surface area (Å²) >= 11 is 0. The van der Waals surface area contributed by atoms with E-state index >= 15 is 0 Å². The zero-order chi connectivity index (χ0) is 14.2. The Bertz CT molecular complexity index is 508. The molecule has 2 heterocycles. The maximum atomic E-state index is 6.20. The van der Waals surface area contributed by atoms with Crippen LogP contribution < -0.4 is 10.6 Å². The molecule has 108 valence electrons. The monoisotopic (exact) mass is 272 g/mol. The lowest BCUT2D eigenvalue weighted by Gasteiger charge is -2.38. The Morgan fingerprint density at radius 3 is 2.65 bits per heavy atom. The van der Waals surface area contributed by atoms with E-state index in [9.17, 15) is 0 Å². The molecule has 0 saturated carbocycles. The van der Waals surface area contributed by atoms with Gasteiger partial charge in [0.05, 0.1) is 12.1 Å². The summed E-state index contributed by atoms with van der Waals surface area (Å²) in [6, 6.07) is 8.63. The first kappa shape index (κ1) is 13.4. The Hall–Kier alpha value is -1.55. The van der Waals surface area contributed by atoms with Gasteiger partial charge in [-0.2, -0.15) is 0 Å². The summed E-state index contributed by atoms with van der Waals surface area (Å²) in [7, 11) is 2.20. The summed E-state index contributed by atoms with van der Waals surface area (Å²) in [5.74, 6) is 0.679. The van der Waals surface area contributed by atoms with Crippen molar-refractivity contribution in [2.45, 2.75) is 31.7 Å². The molecule has 2 aliphatic rings. The highest BCUT2D eigenvalue weighted by molar-refractivity contribution is 5.98. The third kappa shape index (κ3) is 2.29. The van der Waals surface area contributed by atoms with Gasteiger partial charge in [-0.05, 0) is 51.9 Å². The average Bonchev–Trinajstić information content (AvgIpc) is 2.63. The van der Waals surface area contributed by atoms with Crippen molar-refractivity contribution >= 4 is 11.6 Å². The number of hydrogen-bond donors (Lipinski definition) is 1. The van der Waals surface area contributed by atoms with Crippen molar-refractivity contribution in [3.63, 3.8) is 0 Å². The quantitative estimate of drug-likeness (QED) is 0.850. The van der Waals surface area contributed by atoms with Crippen LogP contribution >= 0.6 is 0 Å². The molecule has 2 aliphatic heterocycles. The maximum absolute atomic E-state index is 6.20. The van der Waals surface area contributed by atoms with Crippen LogP contribution in [-0.2, 0) is 0 Å². The van der Waals surface area contributed by atoms with E-state index < -0.39 is 0 Å². The molecule has 1 fully saturated rings. The molecule has 3 rings (SSSR count). The maximum Gasteiger partial charge on any atom is 0.196 e. The van der Waals surface area contributed by atoms with Crippen molar-refractivity contribution in [1.82, 2.24) is 4.90 Å². The van der Waals surface area contributed by atoms with Crippen LogP contribution in [0.1, 0.15) is 24.8 Å². The topological polar surface area (TPSA) is 44.9 Å². The van der Waals surface area contributed by atoms with Crippen LogP contribution in [0.15, 0.2) is 29.3 Å². The van der Waals surface area contributed by atoms with E-state index in [0.717, 1.165) is 25.9 Å². The highest BCUT2D eigenvalue weighted by atomic mass is 15.4. The fourth-order valence-corrected chi connectivity index (χ4v) is 3.41. The molecule has 1 aromatic carbocycles. The number of nitrogens with two attached hydrogens (primary N) is 1. The Labute approximate surface area is 121 Å². The molecule has 0 bridgehead atoms. The number of rotatable bonds is 1. The Kier molecular flexibility index (Phi) is 3.42. The number of benzene rings is 1. The van der Waals surface area contributed by atoms with Crippen molar-refractivity contribution in [3.05, 3.63) is 29.8 Å². The summed E-state index contributed by atoms with van der Waals surface area (Å²) in [5, 5.41) is 0. The van der Waals surface area contributed by atoms with Gasteiger partial charge in [-0.15, -0.1) is 0 Å². The molecule has 0 amide bonds. The van der Waals surface area contributed by atoms with Crippen LogP contribution in [0.3, 0.4) is 0 Å². The SMILES string of the molecule is Cc1ccc(N2C(N)=NCC23CCCN(C)CC3)cc1. The Balaban J connectivity index is 1.93. The third-order valence-electron chi connectivity index (χ3n) is 4.67. The fourth-order valence-electron chi connectivity index (χ4n) is 3.41. The van der Waals surface area contributed by atoms with Gasteiger partial charge in [0.15, 0.2) is 5.96 Å². The van der Waals surface area contributed by atoms with Crippen LogP contribution in [0.2, 0.25) is 0 Å². The van der Waals surface area contributed by atoms with Crippen molar-refractivity contribution in [3.8, 4) is 0 Å². The number of guanidine groups is 1. The van der Waals surface area contributed by atoms with Gasteiger partial charge in [0.2, 0.25) is 0 Å². The highest BCUT2D eigenvalue weighted by Crippen LogP contribution is 2.36. The lowest BCUT2D eigenvalue weighted by atomic mass is 9.89. The Morgan fingerprint density at radius 1 is 1.15 bits per heavy atom. The molecule has 0 radical (unpaired) electrons. The molecule has 4 nitrogen and oxygen atoms in total. The predicted molar refractivity (Wildman–Crippen MR) is 84.2 cm³/mol. The molecule has 2 N–H and O–H groups in total. The molecule has 1 unspecified atom stereocenters. The highest BCUT2D eigenvalue weighted by Gasteiger charge is 2.43. The van der Waals surface area contributed by atoms with Crippen molar-refractivity contribution in [2.24, 2.45) is 10.7 Å². The third-order valence-corrected chi connectivity index (χ3v) is 4.67. The van der Waals surface area contributed by atoms with Gasteiger partial charge < -0.3 is 15.5 Å². The smallest absolute Gasteiger partial charge is 0.196 e. The van der Waals surface area contributed by atoms with Gasteiger partial charge in [0.1, 0.15) is 0 Å². The first-order chi connectivity index (χ1) is 9.61. The van der Waals surface area contributed by atoms with Gasteiger partial charge in [-0.3, -0.25) is 4.99 Å². The molecule has 1 saturated heterocycles. The predicted octanol–water partition coefficient (Wildman–Crippen LogP) is 1.98. The van der Waals surface area contributed by atoms with Crippen LogP contribution in [0.25, 0.3) is 0 Å². The molecule has 20 heavy (non-hydrogen) atoms. The van der Waals surface area contributed by atoms with Crippen LogP contribution in [0.4, 0.5) is 5.69 Å². The molecule has 0 aromatic heterocycles. The van der Waals surface area contributed by atoms with E-state index in [-0.39, 0.29) is 5.54 Å². The second-order valence-corrected chi connectivity index (χ2v) is 6.23. The fraction of sp³-hybridized carbons (Fsp3) is 0.562. The molecule has 1 spiro atoms. The van der Waals surface area contributed by atoms with Gasteiger partial charge in [0.25, 0.3) is 0 Å². The van der Waals surface area contributed by atoms with Crippen LogP contribution in [-0.4, -0.2) is 43.1 Å². The van der Waals surface area contributed by atoms with E-state index in [2.05, 4.69) is 53.0 Å². The summed E-state index contributed by atoms with van der Waals surface area (Å²) in [5.41, 5.74) is 8.75. The summed E-state index contributed by atoms with van der Waals surface area (Å²) < 4.78 is 0. The lowest BCUT2D eigenvalue weighted by Crippen LogP contribution is -2.52. The zero-order valence-corrected chi connectivity index (χ0v) is 12.5. The van der Waals surface area contributed by atoms with E-state index in [1.807, 2.05) is 0 Å². The molecule has 1 atom stereocenters. The standard InChI is InChI=1S/C16H24N4/c1-13-4-6-14(7-5-13)20-15(17)18-12-16(20)8-3-10-19(2)11-9-16/h4-7H,3,8-12H2,1-2H3,(H2,17,18). The normalized spacial score (nSPS) is 27.7. The number of nitrogens with zero attached hydrogens (tertiary/aromatic N) is 3. The van der Waals surface area contributed by atoms with Gasteiger partial charge in [-0.1, -0.05) is 17.7 Å². The molecular weight excluding hydrogens is 248 g/mol. The van der Waals surface area contributed by atoms with Crippen LogP contribution in [0.5, 0.6) is 0 Å². The van der Waals surface area contributed by atoms with E-state index in [1.165, 1.54) is 24.2 Å². The minimum absolute atomic E-state index is 0.0874. The first-order valence-corrected chi connectivity index (χ1v) is 7.46. The minimum Gasteiger partial charge on any atom is -0.369 e. The van der Waals surface area contributed by atoms with Crippen molar-refractivity contribution in [2.75, 3.05) is 31.6 Å².